The minimum atomic E-state index is -0.158. The fraction of sp³-hybridized carbons (Fsp3) is 0.360. The number of carbonyl (C=O) groups is 2. The van der Waals surface area contributed by atoms with Crippen molar-refractivity contribution in [1.29, 1.82) is 0 Å². The van der Waals surface area contributed by atoms with E-state index >= 15 is 0 Å². The summed E-state index contributed by atoms with van der Waals surface area (Å²) < 4.78 is 0. The number of nitrogens with zero attached hydrogens (tertiary/aromatic N) is 3. The first-order chi connectivity index (χ1) is 14.5. The van der Waals surface area contributed by atoms with Gasteiger partial charge in [0.25, 0.3) is 11.8 Å². The van der Waals surface area contributed by atoms with E-state index in [4.69, 9.17) is 0 Å². The predicted molar refractivity (Wildman–Crippen MR) is 120 cm³/mol. The van der Waals surface area contributed by atoms with Crippen molar-refractivity contribution >= 4 is 23.1 Å². The molecule has 4 rings (SSSR count). The molecule has 2 heterocycles. The first-order valence-electron chi connectivity index (χ1n) is 10.7. The molecule has 0 radical (unpaired) electrons. The number of hydrogen-bond acceptors (Lipinski definition) is 4. The van der Waals surface area contributed by atoms with Crippen LogP contribution in [0.15, 0.2) is 54.2 Å². The van der Waals surface area contributed by atoms with Crippen LogP contribution in [0, 0.1) is 13.8 Å². The van der Waals surface area contributed by atoms with E-state index in [0.29, 0.717) is 17.8 Å². The molecule has 2 aliphatic rings. The van der Waals surface area contributed by atoms with E-state index in [1.165, 1.54) is 10.6 Å². The molecular formula is C25H29N3O2. The molecular weight excluding hydrogens is 374 g/mol. The summed E-state index contributed by atoms with van der Waals surface area (Å²) in [5.74, 6) is -0.306. The molecule has 0 aliphatic carbocycles. The first-order valence-corrected chi connectivity index (χ1v) is 10.7. The van der Waals surface area contributed by atoms with Crippen LogP contribution in [-0.2, 0) is 9.59 Å². The molecule has 5 nitrogen and oxygen atoms in total. The van der Waals surface area contributed by atoms with Gasteiger partial charge in [-0.25, -0.2) is 0 Å². The van der Waals surface area contributed by atoms with Gasteiger partial charge in [0, 0.05) is 38.4 Å². The number of rotatable bonds is 5. The Hall–Kier alpha value is -3.08. The topological polar surface area (TPSA) is 43.9 Å². The lowest BCUT2D eigenvalue weighted by Gasteiger charge is -2.37. The van der Waals surface area contributed by atoms with Gasteiger partial charge in [0.05, 0.1) is 5.57 Å². The summed E-state index contributed by atoms with van der Waals surface area (Å²) in [4.78, 5) is 32.5. The van der Waals surface area contributed by atoms with Crippen LogP contribution in [0.2, 0.25) is 0 Å². The Morgan fingerprint density at radius 2 is 1.50 bits per heavy atom. The maximum atomic E-state index is 13.3. The second-order valence-corrected chi connectivity index (χ2v) is 8.11. The summed E-state index contributed by atoms with van der Waals surface area (Å²) in [6.45, 7) is 9.59. The average Bonchev–Trinajstić information content (AvgIpc) is 2.99. The van der Waals surface area contributed by atoms with Crippen LogP contribution in [0.4, 0.5) is 5.69 Å². The number of aryl methyl sites for hydroxylation is 2. The number of imide groups is 1. The van der Waals surface area contributed by atoms with Gasteiger partial charge in [-0.2, -0.15) is 0 Å². The number of benzene rings is 2. The van der Waals surface area contributed by atoms with Gasteiger partial charge in [0.2, 0.25) is 0 Å². The van der Waals surface area contributed by atoms with Crippen LogP contribution >= 0.6 is 0 Å². The summed E-state index contributed by atoms with van der Waals surface area (Å²) in [7, 11) is 0. The fourth-order valence-electron chi connectivity index (χ4n) is 4.45. The number of amides is 2. The minimum absolute atomic E-state index is 0.148. The van der Waals surface area contributed by atoms with Crippen molar-refractivity contribution in [3.05, 3.63) is 70.9 Å². The Morgan fingerprint density at radius 1 is 0.833 bits per heavy atom. The summed E-state index contributed by atoms with van der Waals surface area (Å²) in [5, 5.41) is 0. The third-order valence-electron chi connectivity index (χ3n) is 5.96. The molecule has 2 aliphatic heterocycles. The molecule has 2 aromatic rings. The Balaban J connectivity index is 1.68. The van der Waals surface area contributed by atoms with Crippen LogP contribution in [0.5, 0.6) is 0 Å². The molecule has 1 fully saturated rings. The van der Waals surface area contributed by atoms with E-state index in [1.54, 1.807) is 0 Å². The summed E-state index contributed by atoms with van der Waals surface area (Å²) >= 11 is 0. The molecule has 1 saturated heterocycles. The first kappa shape index (κ1) is 20.2. The maximum absolute atomic E-state index is 13.3. The zero-order valence-corrected chi connectivity index (χ0v) is 18.0. The van der Waals surface area contributed by atoms with Gasteiger partial charge in [-0.05, 0) is 43.5 Å². The van der Waals surface area contributed by atoms with Crippen LogP contribution in [0.25, 0.3) is 5.57 Å². The van der Waals surface area contributed by atoms with Gasteiger partial charge in [-0.3, -0.25) is 14.5 Å². The molecule has 0 bridgehead atoms. The minimum Gasteiger partial charge on any atom is -0.368 e. The lowest BCUT2D eigenvalue weighted by Crippen LogP contribution is -2.47. The number of anilines is 1. The highest BCUT2D eigenvalue weighted by Crippen LogP contribution is 2.34. The Bertz CT molecular complexity index is 989. The second-order valence-electron chi connectivity index (χ2n) is 8.11. The Kier molecular flexibility index (Phi) is 5.62. The third kappa shape index (κ3) is 3.60. The molecule has 0 spiro atoms. The van der Waals surface area contributed by atoms with Crippen LogP contribution in [0.3, 0.4) is 0 Å². The average molecular weight is 404 g/mol. The zero-order valence-electron chi connectivity index (χ0n) is 18.0. The zero-order chi connectivity index (χ0) is 21.3. The summed E-state index contributed by atoms with van der Waals surface area (Å²) in [5.41, 5.74) is 5.40. The molecule has 5 heteroatoms. The third-order valence-corrected chi connectivity index (χ3v) is 5.96. The molecule has 156 valence electrons. The number of carbonyl (C=O) groups excluding carboxylic acids is 2. The smallest absolute Gasteiger partial charge is 0.277 e. The van der Waals surface area contributed by atoms with E-state index in [1.807, 2.05) is 51.1 Å². The monoisotopic (exact) mass is 403 g/mol. The maximum Gasteiger partial charge on any atom is 0.277 e. The van der Waals surface area contributed by atoms with E-state index < -0.39 is 0 Å². The number of para-hydroxylation sites is 1. The normalized spacial score (nSPS) is 17.4. The Labute approximate surface area is 178 Å². The molecule has 2 aromatic carbocycles. The molecule has 0 saturated carbocycles. The van der Waals surface area contributed by atoms with Crippen LogP contribution in [0.1, 0.15) is 30.0 Å². The molecule has 0 N–H and O–H groups in total. The van der Waals surface area contributed by atoms with E-state index in [9.17, 15) is 9.59 Å². The molecule has 0 unspecified atom stereocenters. The van der Waals surface area contributed by atoms with Crippen molar-refractivity contribution in [2.75, 3.05) is 37.6 Å². The highest BCUT2D eigenvalue weighted by Gasteiger charge is 2.42. The van der Waals surface area contributed by atoms with Crippen molar-refractivity contribution < 1.29 is 9.59 Å². The number of hydrogen-bond donors (Lipinski definition) is 0. The summed E-state index contributed by atoms with van der Waals surface area (Å²) in [6, 6.07) is 16.4. The van der Waals surface area contributed by atoms with Crippen LogP contribution < -0.4 is 4.90 Å². The second kappa shape index (κ2) is 8.34. The van der Waals surface area contributed by atoms with E-state index in [0.717, 1.165) is 49.3 Å². The predicted octanol–water partition coefficient (Wildman–Crippen LogP) is 3.62. The van der Waals surface area contributed by atoms with E-state index in [2.05, 4.69) is 28.0 Å². The SMILES string of the molecule is CCCN1C(=O)C(c2ccc(C)cc2C)=C(N2CCN(c3ccccc3)CC2)C1=O. The lowest BCUT2D eigenvalue weighted by atomic mass is 9.97. The molecule has 0 atom stereocenters. The quantitative estimate of drug-likeness (QED) is 0.716. The van der Waals surface area contributed by atoms with Gasteiger partial charge in [0.15, 0.2) is 0 Å². The fourth-order valence-corrected chi connectivity index (χ4v) is 4.45. The van der Waals surface area contributed by atoms with Crippen molar-refractivity contribution in [3.8, 4) is 0 Å². The van der Waals surface area contributed by atoms with Gasteiger partial charge in [-0.15, -0.1) is 0 Å². The van der Waals surface area contributed by atoms with Crippen molar-refractivity contribution in [3.63, 3.8) is 0 Å². The van der Waals surface area contributed by atoms with Crippen molar-refractivity contribution in [2.45, 2.75) is 27.2 Å². The van der Waals surface area contributed by atoms with Gasteiger partial charge >= 0.3 is 0 Å². The van der Waals surface area contributed by atoms with Gasteiger partial charge in [-0.1, -0.05) is 48.9 Å². The standard InChI is InChI=1S/C25H29N3O2/c1-4-12-28-24(29)22(21-11-10-18(2)17-19(21)3)23(25(28)30)27-15-13-26(14-16-27)20-8-6-5-7-9-20/h5-11,17H,4,12-16H2,1-3H3. The lowest BCUT2D eigenvalue weighted by molar-refractivity contribution is -0.137. The molecule has 0 aromatic heterocycles. The van der Waals surface area contributed by atoms with Crippen LogP contribution in [-0.4, -0.2) is 54.3 Å². The summed E-state index contributed by atoms with van der Waals surface area (Å²) in [6.07, 6.45) is 0.757. The Morgan fingerprint density at radius 3 is 2.13 bits per heavy atom. The largest absolute Gasteiger partial charge is 0.368 e. The molecule has 2 amide bonds. The van der Waals surface area contributed by atoms with Gasteiger partial charge < -0.3 is 9.80 Å². The van der Waals surface area contributed by atoms with Crippen molar-refractivity contribution in [2.24, 2.45) is 0 Å². The van der Waals surface area contributed by atoms with E-state index in [-0.39, 0.29) is 11.8 Å². The van der Waals surface area contributed by atoms with Crippen molar-refractivity contribution in [1.82, 2.24) is 9.80 Å². The van der Waals surface area contributed by atoms with Gasteiger partial charge in [0.1, 0.15) is 5.70 Å². The molecule has 30 heavy (non-hydrogen) atoms. The number of piperazine rings is 1. The highest BCUT2D eigenvalue weighted by atomic mass is 16.2. The highest BCUT2D eigenvalue weighted by molar-refractivity contribution is 6.35.